The number of carbonyl (C=O) groups excluding carboxylic acids is 1. The Morgan fingerprint density at radius 3 is 3.04 bits per heavy atom. The molecular weight excluding hydrogens is 354 g/mol. The van der Waals surface area contributed by atoms with Crippen molar-refractivity contribution in [1.82, 2.24) is 9.97 Å². The summed E-state index contributed by atoms with van der Waals surface area (Å²) >= 11 is 0. The number of fused-ring (bicyclic) bond motifs is 3. The number of rotatable bonds is 6. The summed E-state index contributed by atoms with van der Waals surface area (Å²) in [5.74, 6) is 0.882. The first-order valence-corrected chi connectivity index (χ1v) is 9.68. The van der Waals surface area contributed by atoms with E-state index in [0.717, 1.165) is 23.7 Å². The predicted molar refractivity (Wildman–Crippen MR) is 109 cm³/mol. The van der Waals surface area contributed by atoms with Crippen LogP contribution in [0.25, 0.3) is 10.9 Å². The Hall–Kier alpha value is -2.86. The number of methoxy groups -OCH3 is 1. The summed E-state index contributed by atoms with van der Waals surface area (Å²) in [6, 6.07) is 9.46. The fourth-order valence-corrected chi connectivity index (χ4v) is 3.82. The lowest BCUT2D eigenvalue weighted by Crippen LogP contribution is -2.15. The Morgan fingerprint density at radius 2 is 2.18 bits per heavy atom. The Bertz CT molecular complexity index is 996. The molecule has 0 spiro atoms. The van der Waals surface area contributed by atoms with Crippen molar-refractivity contribution in [1.29, 1.82) is 0 Å². The zero-order chi connectivity index (χ0) is 19.5. The Kier molecular flexibility index (Phi) is 5.30. The van der Waals surface area contributed by atoms with Gasteiger partial charge < -0.3 is 19.8 Å². The summed E-state index contributed by atoms with van der Waals surface area (Å²) in [7, 11) is 1.61. The molecule has 0 bridgehead atoms. The van der Waals surface area contributed by atoms with Crippen LogP contribution in [0, 0.1) is 5.92 Å². The van der Waals surface area contributed by atoms with Gasteiger partial charge in [0.15, 0.2) is 0 Å². The van der Waals surface area contributed by atoms with E-state index in [0.29, 0.717) is 36.3 Å². The summed E-state index contributed by atoms with van der Waals surface area (Å²) in [5, 5.41) is 4.10. The number of hydrogen-bond donors (Lipinski definition) is 2. The lowest BCUT2D eigenvalue weighted by atomic mass is 9.87. The third-order valence-corrected chi connectivity index (χ3v) is 5.26. The number of aryl methyl sites for hydroxylation is 1. The van der Waals surface area contributed by atoms with E-state index in [1.165, 1.54) is 17.7 Å². The number of amides is 1. The van der Waals surface area contributed by atoms with Crippen LogP contribution in [-0.2, 0) is 17.6 Å². The molecule has 28 heavy (non-hydrogen) atoms. The maximum Gasteiger partial charge on any atom is 0.257 e. The molecule has 0 fully saturated rings. The molecule has 1 amide bonds. The molecule has 1 aromatic carbocycles. The van der Waals surface area contributed by atoms with E-state index in [1.54, 1.807) is 25.4 Å². The monoisotopic (exact) mass is 379 g/mol. The van der Waals surface area contributed by atoms with Gasteiger partial charge in [-0.25, -0.2) is 4.98 Å². The van der Waals surface area contributed by atoms with Crippen molar-refractivity contribution in [2.24, 2.45) is 5.92 Å². The molecule has 1 atom stereocenters. The van der Waals surface area contributed by atoms with E-state index >= 15 is 0 Å². The molecule has 0 saturated heterocycles. The predicted octanol–water partition coefficient (Wildman–Crippen LogP) is 3.97. The molecular formula is C22H25N3O3. The fraction of sp³-hybridized carbons (Fsp3) is 0.364. The molecule has 0 radical (unpaired) electrons. The highest BCUT2D eigenvalue weighted by atomic mass is 16.5. The summed E-state index contributed by atoms with van der Waals surface area (Å²) in [6.45, 7) is 3.11. The van der Waals surface area contributed by atoms with E-state index < -0.39 is 0 Å². The minimum atomic E-state index is -0.179. The number of aromatic amines is 1. The SMILES string of the molecule is COCCOc1ncccc1NC(=O)c1cccc2c3c([nH]c12)CCC(C)C3. The second-order valence-electron chi connectivity index (χ2n) is 7.31. The average Bonchev–Trinajstić information content (AvgIpc) is 3.07. The van der Waals surface area contributed by atoms with Gasteiger partial charge in [-0.1, -0.05) is 19.1 Å². The highest BCUT2D eigenvalue weighted by Crippen LogP contribution is 2.33. The van der Waals surface area contributed by atoms with Crippen LogP contribution in [0.3, 0.4) is 0 Å². The fourth-order valence-electron chi connectivity index (χ4n) is 3.82. The number of aromatic nitrogens is 2. The molecule has 1 aliphatic rings. The van der Waals surface area contributed by atoms with E-state index in [2.05, 4.69) is 28.3 Å². The minimum absolute atomic E-state index is 0.179. The number of nitrogens with zero attached hydrogens (tertiary/aromatic N) is 1. The lowest BCUT2D eigenvalue weighted by molar-refractivity contribution is 0.102. The number of anilines is 1. The summed E-state index contributed by atoms with van der Waals surface area (Å²) in [4.78, 5) is 20.8. The highest BCUT2D eigenvalue weighted by molar-refractivity contribution is 6.13. The molecule has 6 heteroatoms. The number of H-pyrrole nitrogens is 1. The highest BCUT2D eigenvalue weighted by Gasteiger charge is 2.22. The molecule has 4 rings (SSSR count). The average molecular weight is 379 g/mol. The van der Waals surface area contributed by atoms with E-state index in [1.807, 2.05) is 12.1 Å². The first-order chi connectivity index (χ1) is 13.7. The van der Waals surface area contributed by atoms with Crippen molar-refractivity contribution in [3.8, 4) is 5.88 Å². The number of pyridine rings is 1. The number of nitrogens with one attached hydrogen (secondary N) is 2. The van der Waals surface area contributed by atoms with Crippen molar-refractivity contribution in [3.63, 3.8) is 0 Å². The van der Waals surface area contributed by atoms with E-state index in [4.69, 9.17) is 9.47 Å². The van der Waals surface area contributed by atoms with Crippen LogP contribution in [0.2, 0.25) is 0 Å². The molecule has 146 valence electrons. The Balaban J connectivity index is 1.62. The van der Waals surface area contributed by atoms with Gasteiger partial charge in [-0.15, -0.1) is 0 Å². The van der Waals surface area contributed by atoms with Crippen LogP contribution in [-0.4, -0.2) is 36.2 Å². The quantitative estimate of drug-likeness (QED) is 0.636. The van der Waals surface area contributed by atoms with E-state index in [9.17, 15) is 4.79 Å². The summed E-state index contributed by atoms with van der Waals surface area (Å²) in [6.07, 6.45) is 4.91. The molecule has 1 aliphatic carbocycles. The number of hydrogen-bond acceptors (Lipinski definition) is 4. The molecule has 1 unspecified atom stereocenters. The normalized spacial score (nSPS) is 16.0. The van der Waals surface area contributed by atoms with Crippen LogP contribution in [0.1, 0.15) is 35.0 Å². The Morgan fingerprint density at radius 1 is 1.29 bits per heavy atom. The van der Waals surface area contributed by atoms with Crippen LogP contribution >= 0.6 is 0 Å². The first-order valence-electron chi connectivity index (χ1n) is 9.68. The number of ether oxygens (including phenoxy) is 2. The van der Waals surface area contributed by atoms with Gasteiger partial charge in [-0.2, -0.15) is 0 Å². The molecule has 2 heterocycles. The summed E-state index contributed by atoms with van der Waals surface area (Å²) in [5.41, 5.74) is 4.70. The topological polar surface area (TPSA) is 76.2 Å². The standard InChI is InChI=1S/C22H25N3O3/c1-14-8-9-18-17(13-14)15-5-3-6-16(20(15)24-18)21(26)25-19-7-4-10-23-22(19)28-12-11-27-2/h3-7,10,14,24H,8-9,11-13H2,1-2H3,(H,25,26). The third-order valence-electron chi connectivity index (χ3n) is 5.26. The minimum Gasteiger partial charge on any atom is -0.474 e. The Labute approximate surface area is 164 Å². The smallest absolute Gasteiger partial charge is 0.257 e. The van der Waals surface area contributed by atoms with Crippen molar-refractivity contribution >= 4 is 22.5 Å². The zero-order valence-electron chi connectivity index (χ0n) is 16.2. The van der Waals surface area contributed by atoms with Crippen LogP contribution in [0.15, 0.2) is 36.5 Å². The molecule has 2 aromatic heterocycles. The van der Waals surface area contributed by atoms with Crippen molar-refractivity contribution in [2.75, 3.05) is 25.6 Å². The van der Waals surface area contributed by atoms with Crippen LogP contribution < -0.4 is 10.1 Å². The second kappa shape index (κ2) is 8.02. The molecule has 0 saturated carbocycles. The van der Waals surface area contributed by atoms with Gasteiger partial charge in [0, 0.05) is 24.4 Å². The van der Waals surface area contributed by atoms with Gasteiger partial charge in [0.05, 0.1) is 17.7 Å². The second-order valence-corrected chi connectivity index (χ2v) is 7.31. The number of para-hydroxylation sites is 1. The van der Waals surface area contributed by atoms with Gasteiger partial charge in [-0.3, -0.25) is 4.79 Å². The van der Waals surface area contributed by atoms with Crippen LogP contribution in [0.5, 0.6) is 5.88 Å². The molecule has 2 N–H and O–H groups in total. The number of benzene rings is 1. The maximum absolute atomic E-state index is 13.0. The molecule has 0 aliphatic heterocycles. The van der Waals surface area contributed by atoms with Crippen LogP contribution in [0.4, 0.5) is 5.69 Å². The van der Waals surface area contributed by atoms with Gasteiger partial charge >= 0.3 is 0 Å². The maximum atomic E-state index is 13.0. The van der Waals surface area contributed by atoms with Gasteiger partial charge in [0.2, 0.25) is 5.88 Å². The molecule has 6 nitrogen and oxygen atoms in total. The zero-order valence-corrected chi connectivity index (χ0v) is 16.2. The third kappa shape index (κ3) is 3.60. The van der Waals surface area contributed by atoms with Crippen molar-refractivity contribution in [3.05, 3.63) is 53.3 Å². The van der Waals surface area contributed by atoms with Gasteiger partial charge in [0.1, 0.15) is 12.3 Å². The molecule has 3 aromatic rings. The van der Waals surface area contributed by atoms with Crippen molar-refractivity contribution in [2.45, 2.75) is 26.2 Å². The largest absolute Gasteiger partial charge is 0.474 e. The lowest BCUT2D eigenvalue weighted by Gasteiger charge is -2.17. The van der Waals surface area contributed by atoms with Gasteiger partial charge in [-0.05, 0) is 48.9 Å². The number of carbonyl (C=O) groups is 1. The van der Waals surface area contributed by atoms with Gasteiger partial charge in [0.25, 0.3) is 5.91 Å². The van der Waals surface area contributed by atoms with E-state index in [-0.39, 0.29) is 5.91 Å². The summed E-state index contributed by atoms with van der Waals surface area (Å²) < 4.78 is 10.6. The van der Waals surface area contributed by atoms with Crippen molar-refractivity contribution < 1.29 is 14.3 Å². The first kappa shape index (κ1) is 18.5.